The third-order valence-electron chi connectivity index (χ3n) is 5.39. The van der Waals surface area contributed by atoms with Gasteiger partial charge in [-0.1, -0.05) is 24.3 Å². The van der Waals surface area contributed by atoms with Gasteiger partial charge in [-0.05, 0) is 30.7 Å². The summed E-state index contributed by atoms with van der Waals surface area (Å²) in [6.07, 6.45) is 1.66. The number of nitrogens with two attached hydrogens (primary N) is 1. The van der Waals surface area contributed by atoms with Crippen molar-refractivity contribution < 1.29 is 13.9 Å². The predicted octanol–water partition coefficient (Wildman–Crippen LogP) is 2.94. The lowest BCUT2D eigenvalue weighted by Crippen LogP contribution is -2.32. The first-order valence-corrected chi connectivity index (χ1v) is 9.82. The van der Waals surface area contributed by atoms with E-state index < -0.39 is 5.91 Å². The van der Waals surface area contributed by atoms with E-state index in [1.54, 1.807) is 24.5 Å². The van der Waals surface area contributed by atoms with E-state index in [9.17, 15) is 9.18 Å². The molecular formula is C23H20FN5O2. The number of carbonyl (C=O) groups is 1. The second-order valence-corrected chi connectivity index (χ2v) is 7.46. The minimum atomic E-state index is -0.497. The maximum absolute atomic E-state index is 13.5. The van der Waals surface area contributed by atoms with Crippen molar-refractivity contribution in [2.75, 3.05) is 6.61 Å². The lowest BCUT2D eigenvalue weighted by Gasteiger charge is -2.21. The van der Waals surface area contributed by atoms with Crippen LogP contribution in [-0.2, 0) is 11.3 Å². The number of carbonyl (C=O) groups excluding carboxylic acids is 1. The zero-order valence-electron chi connectivity index (χ0n) is 16.8. The number of para-hydroxylation sites is 1. The Balaban J connectivity index is 1.56. The summed E-state index contributed by atoms with van der Waals surface area (Å²) in [5, 5.41) is 7.47. The maximum atomic E-state index is 13.5. The number of amidine groups is 1. The van der Waals surface area contributed by atoms with Gasteiger partial charge in [-0.2, -0.15) is 0 Å². The van der Waals surface area contributed by atoms with Gasteiger partial charge in [-0.25, -0.2) is 9.38 Å². The molecule has 0 fully saturated rings. The Morgan fingerprint density at radius 3 is 2.94 bits per heavy atom. The van der Waals surface area contributed by atoms with Crippen molar-refractivity contribution in [1.82, 2.24) is 15.6 Å². The number of primary amides is 1. The van der Waals surface area contributed by atoms with Gasteiger partial charge >= 0.3 is 0 Å². The van der Waals surface area contributed by atoms with Crippen LogP contribution in [0.5, 0.6) is 0 Å². The molecule has 0 unspecified atom stereocenters. The van der Waals surface area contributed by atoms with E-state index in [4.69, 9.17) is 15.5 Å². The summed E-state index contributed by atoms with van der Waals surface area (Å²) in [7, 11) is 0. The Bertz CT molecular complexity index is 1320. The molecule has 2 aromatic carbocycles. The van der Waals surface area contributed by atoms with Crippen LogP contribution in [0.2, 0.25) is 0 Å². The summed E-state index contributed by atoms with van der Waals surface area (Å²) in [6, 6.07) is 11.8. The first kappa shape index (κ1) is 18.9. The van der Waals surface area contributed by atoms with Crippen LogP contribution in [0.25, 0.3) is 10.9 Å². The van der Waals surface area contributed by atoms with Gasteiger partial charge in [0, 0.05) is 23.2 Å². The fourth-order valence-electron chi connectivity index (χ4n) is 3.95. The van der Waals surface area contributed by atoms with Gasteiger partial charge in [0.25, 0.3) is 5.91 Å². The van der Waals surface area contributed by atoms with E-state index in [1.807, 2.05) is 19.1 Å². The average Bonchev–Trinajstić information content (AvgIpc) is 3.35. The summed E-state index contributed by atoms with van der Waals surface area (Å²) in [4.78, 5) is 19.9. The zero-order chi connectivity index (χ0) is 21.5. The predicted molar refractivity (Wildman–Crippen MR) is 116 cm³/mol. The van der Waals surface area contributed by atoms with Gasteiger partial charge in [0.15, 0.2) is 0 Å². The van der Waals surface area contributed by atoms with Crippen LogP contribution in [0.4, 0.5) is 4.39 Å². The van der Waals surface area contributed by atoms with Crippen LogP contribution in [0.1, 0.15) is 27.2 Å². The Morgan fingerprint density at radius 1 is 1.29 bits per heavy atom. The SMILES string of the molecule is Cc1[nH]c2c(C(N)=O)cccc2c1C1=NC(NCc2cccc(F)c2)=C2COC=C2N1. The normalized spacial score (nSPS) is 15.2. The number of rotatable bonds is 5. The number of benzene rings is 2. The molecule has 8 heteroatoms. The van der Waals surface area contributed by atoms with E-state index in [0.717, 1.165) is 33.5 Å². The lowest BCUT2D eigenvalue weighted by molar-refractivity contribution is 0.100. The highest BCUT2D eigenvalue weighted by Crippen LogP contribution is 2.30. The molecule has 5 rings (SSSR count). The number of H-pyrrole nitrogens is 1. The monoisotopic (exact) mass is 417 g/mol. The number of hydrogen-bond donors (Lipinski definition) is 4. The van der Waals surface area contributed by atoms with Gasteiger partial charge in [-0.15, -0.1) is 0 Å². The molecule has 31 heavy (non-hydrogen) atoms. The largest absolute Gasteiger partial charge is 0.494 e. The minimum absolute atomic E-state index is 0.282. The number of fused-ring (bicyclic) bond motifs is 2. The van der Waals surface area contributed by atoms with Crippen molar-refractivity contribution in [3.8, 4) is 0 Å². The number of halogens is 1. The summed E-state index contributed by atoms with van der Waals surface area (Å²) < 4.78 is 19.0. The molecule has 3 heterocycles. The molecule has 0 bridgehead atoms. The molecule has 0 radical (unpaired) electrons. The molecule has 0 atom stereocenters. The average molecular weight is 417 g/mol. The van der Waals surface area contributed by atoms with Crippen molar-refractivity contribution in [2.45, 2.75) is 13.5 Å². The maximum Gasteiger partial charge on any atom is 0.250 e. The highest BCUT2D eigenvalue weighted by Gasteiger charge is 2.27. The molecule has 7 nitrogen and oxygen atoms in total. The fourth-order valence-corrected chi connectivity index (χ4v) is 3.95. The smallest absolute Gasteiger partial charge is 0.250 e. The second-order valence-electron chi connectivity index (χ2n) is 7.46. The standard InChI is InChI=1S/C23H20FN5O2/c1-12-19(15-6-3-7-16(21(25)30)20(15)27-12)23-28-18-11-31-10-17(18)22(29-23)26-9-13-4-2-5-14(24)8-13/h2-8,11,26-27H,9-10H2,1H3,(H2,25,30)(H,28,29). The molecule has 3 aromatic rings. The van der Waals surface area contributed by atoms with Crippen molar-refractivity contribution in [3.63, 3.8) is 0 Å². The fraction of sp³-hybridized carbons (Fsp3) is 0.130. The number of amides is 1. The van der Waals surface area contributed by atoms with Crippen molar-refractivity contribution in [1.29, 1.82) is 0 Å². The number of nitrogens with zero attached hydrogens (tertiary/aromatic N) is 1. The second kappa shape index (κ2) is 7.32. The topological polar surface area (TPSA) is 105 Å². The first-order chi connectivity index (χ1) is 15.0. The van der Waals surface area contributed by atoms with Crippen LogP contribution in [0, 0.1) is 12.7 Å². The van der Waals surface area contributed by atoms with E-state index >= 15 is 0 Å². The van der Waals surface area contributed by atoms with Gasteiger partial charge in [0.1, 0.15) is 30.3 Å². The number of nitrogens with one attached hydrogen (secondary N) is 3. The lowest BCUT2D eigenvalue weighted by atomic mass is 10.0. The highest BCUT2D eigenvalue weighted by molar-refractivity contribution is 6.16. The Kier molecular flexibility index (Phi) is 4.47. The molecule has 2 aliphatic rings. The van der Waals surface area contributed by atoms with Crippen LogP contribution in [-0.4, -0.2) is 23.3 Å². The minimum Gasteiger partial charge on any atom is -0.494 e. The molecule has 0 saturated heterocycles. The molecule has 156 valence electrons. The van der Waals surface area contributed by atoms with Crippen LogP contribution in [0.15, 0.2) is 70.8 Å². The quantitative estimate of drug-likeness (QED) is 0.512. The van der Waals surface area contributed by atoms with Gasteiger partial charge in [0.05, 0.1) is 22.4 Å². The van der Waals surface area contributed by atoms with Crippen LogP contribution >= 0.6 is 0 Å². The van der Waals surface area contributed by atoms with Crippen molar-refractivity contribution in [2.24, 2.45) is 10.7 Å². The van der Waals surface area contributed by atoms with Gasteiger partial charge in [0.2, 0.25) is 0 Å². The van der Waals surface area contributed by atoms with Crippen LogP contribution in [0.3, 0.4) is 0 Å². The summed E-state index contributed by atoms with van der Waals surface area (Å²) in [6.45, 7) is 2.73. The van der Waals surface area contributed by atoms with E-state index in [1.165, 1.54) is 12.1 Å². The summed E-state index contributed by atoms with van der Waals surface area (Å²) >= 11 is 0. The molecule has 0 saturated carbocycles. The number of ether oxygens (including phenoxy) is 1. The van der Waals surface area contributed by atoms with Gasteiger partial charge in [-0.3, -0.25) is 4.79 Å². The summed E-state index contributed by atoms with van der Waals surface area (Å²) in [5.41, 5.74) is 10.8. The molecule has 0 spiro atoms. The van der Waals surface area contributed by atoms with E-state index in [0.29, 0.717) is 35.9 Å². The Morgan fingerprint density at radius 2 is 2.13 bits per heavy atom. The number of aromatic nitrogens is 1. The molecule has 1 amide bonds. The number of aliphatic imine (C=N–C) groups is 1. The summed E-state index contributed by atoms with van der Waals surface area (Å²) in [5.74, 6) is 0.494. The van der Waals surface area contributed by atoms with Crippen molar-refractivity contribution >= 4 is 22.6 Å². The van der Waals surface area contributed by atoms with Gasteiger partial charge < -0.3 is 26.1 Å². The molecule has 0 aliphatic carbocycles. The van der Waals surface area contributed by atoms with Crippen molar-refractivity contribution in [3.05, 3.63) is 94.0 Å². The number of hydrogen-bond acceptors (Lipinski definition) is 5. The Hall–Kier alpha value is -4.07. The number of aromatic amines is 1. The number of aryl methyl sites for hydroxylation is 1. The third kappa shape index (κ3) is 3.31. The van der Waals surface area contributed by atoms with E-state index in [2.05, 4.69) is 15.6 Å². The molecule has 2 aliphatic heterocycles. The van der Waals surface area contributed by atoms with Crippen LogP contribution < -0.4 is 16.4 Å². The highest BCUT2D eigenvalue weighted by atomic mass is 19.1. The molecule has 1 aromatic heterocycles. The molecular weight excluding hydrogens is 397 g/mol. The third-order valence-corrected chi connectivity index (χ3v) is 5.39. The Labute approximate surface area is 177 Å². The molecule has 5 N–H and O–H groups in total. The van der Waals surface area contributed by atoms with E-state index in [-0.39, 0.29) is 5.82 Å². The first-order valence-electron chi connectivity index (χ1n) is 9.82. The zero-order valence-corrected chi connectivity index (χ0v) is 16.8.